The molecule has 0 saturated heterocycles. The first-order chi connectivity index (χ1) is 11.6. The van der Waals surface area contributed by atoms with Crippen molar-refractivity contribution in [2.45, 2.75) is 117 Å². The highest BCUT2D eigenvalue weighted by atomic mass is 16.7. The number of hydrogen-bond acceptors (Lipinski definition) is 4. The van der Waals surface area contributed by atoms with Gasteiger partial charge in [-0.1, -0.05) is 104 Å². The van der Waals surface area contributed by atoms with Crippen molar-refractivity contribution in [3.63, 3.8) is 0 Å². The van der Waals surface area contributed by atoms with E-state index in [-0.39, 0.29) is 5.92 Å². The molecular formula is C20H40O4. The summed E-state index contributed by atoms with van der Waals surface area (Å²) >= 11 is 0. The summed E-state index contributed by atoms with van der Waals surface area (Å²) in [5.74, 6) is -0.788. The Balaban J connectivity index is 3.21. The Labute approximate surface area is 149 Å². The average molecular weight is 345 g/mol. The third-order valence-corrected chi connectivity index (χ3v) is 4.61. The summed E-state index contributed by atoms with van der Waals surface area (Å²) in [4.78, 5) is 11.4. The largest absolute Gasteiger partial charge is 0.410 e. The van der Waals surface area contributed by atoms with Crippen LogP contribution >= 0.6 is 0 Å². The molecule has 0 aliphatic carbocycles. The summed E-state index contributed by atoms with van der Waals surface area (Å²) in [6.07, 6.45) is 19.2. The van der Waals surface area contributed by atoms with Gasteiger partial charge in [0.25, 0.3) is 0 Å². The molecule has 0 fully saturated rings. The molecule has 0 rings (SSSR count). The van der Waals surface area contributed by atoms with Gasteiger partial charge in [-0.05, 0) is 6.42 Å². The molecule has 0 aliphatic heterocycles. The molecule has 1 atom stereocenters. The molecule has 4 heteroatoms. The molecule has 0 bridgehead atoms. The van der Waals surface area contributed by atoms with E-state index in [1.807, 2.05) is 0 Å². The number of aliphatic hydroxyl groups is 2. The number of unbranched alkanes of at least 4 members (excludes halogenated alkanes) is 13. The Morgan fingerprint density at radius 3 is 1.50 bits per heavy atom. The van der Waals surface area contributed by atoms with Gasteiger partial charge in [0.2, 0.25) is 0 Å². The second kappa shape index (κ2) is 17.2. The molecule has 0 aromatic rings. The monoisotopic (exact) mass is 344 g/mol. The lowest BCUT2D eigenvalue weighted by Gasteiger charge is -2.11. The summed E-state index contributed by atoms with van der Waals surface area (Å²) in [6.45, 7) is 2.04. The number of aliphatic hydroxyl groups excluding tert-OH is 1. The minimum atomic E-state index is -1.99. The fourth-order valence-electron chi connectivity index (χ4n) is 2.98. The van der Waals surface area contributed by atoms with Gasteiger partial charge in [-0.15, -0.1) is 0 Å². The van der Waals surface area contributed by atoms with Crippen LogP contribution in [0.3, 0.4) is 0 Å². The molecule has 0 radical (unpaired) electrons. The van der Waals surface area contributed by atoms with E-state index in [9.17, 15) is 4.79 Å². The Morgan fingerprint density at radius 1 is 0.750 bits per heavy atom. The quantitative estimate of drug-likeness (QED) is 0.213. The van der Waals surface area contributed by atoms with Crippen LogP contribution in [0.25, 0.3) is 0 Å². The molecule has 0 spiro atoms. The fraction of sp³-hybridized carbons (Fsp3) is 0.950. The van der Waals surface area contributed by atoms with E-state index in [1.165, 1.54) is 77.0 Å². The number of esters is 1. The molecular weight excluding hydrogens is 304 g/mol. The second-order valence-electron chi connectivity index (χ2n) is 7.05. The van der Waals surface area contributed by atoms with Gasteiger partial charge in [0.15, 0.2) is 0 Å². The van der Waals surface area contributed by atoms with Crippen LogP contribution in [0.15, 0.2) is 0 Å². The van der Waals surface area contributed by atoms with Crippen LogP contribution in [0.5, 0.6) is 0 Å². The lowest BCUT2D eigenvalue weighted by molar-refractivity contribution is -0.232. The summed E-state index contributed by atoms with van der Waals surface area (Å²) in [7, 11) is 0. The molecule has 0 aromatic carbocycles. The number of hydrogen-bond donors (Lipinski definition) is 2. The molecule has 0 amide bonds. The van der Waals surface area contributed by atoms with Crippen LogP contribution in [0, 0.1) is 5.92 Å². The van der Waals surface area contributed by atoms with E-state index < -0.39 is 12.4 Å². The van der Waals surface area contributed by atoms with Crippen LogP contribution < -0.4 is 0 Å². The van der Waals surface area contributed by atoms with Gasteiger partial charge in [-0.3, -0.25) is 4.79 Å². The van der Waals surface area contributed by atoms with Crippen LogP contribution in [0.1, 0.15) is 110 Å². The Kier molecular flexibility index (Phi) is 16.8. The predicted molar refractivity (Wildman–Crippen MR) is 98.4 cm³/mol. The second-order valence-corrected chi connectivity index (χ2v) is 7.05. The number of rotatable bonds is 17. The first-order valence-corrected chi connectivity index (χ1v) is 10.1. The summed E-state index contributed by atoms with van der Waals surface area (Å²) in [6, 6.07) is 0. The van der Waals surface area contributed by atoms with Gasteiger partial charge < -0.3 is 14.9 Å². The predicted octanol–water partition coefficient (Wildman–Crippen LogP) is 5.31. The topological polar surface area (TPSA) is 66.8 Å². The van der Waals surface area contributed by atoms with Crippen molar-refractivity contribution in [1.82, 2.24) is 0 Å². The zero-order chi connectivity index (χ0) is 18.0. The highest BCUT2D eigenvalue weighted by Gasteiger charge is 2.16. The van der Waals surface area contributed by atoms with Crippen molar-refractivity contribution < 1.29 is 19.7 Å². The normalized spacial score (nSPS) is 12.5. The van der Waals surface area contributed by atoms with E-state index in [0.29, 0.717) is 0 Å². The highest BCUT2D eigenvalue weighted by molar-refractivity contribution is 5.71. The Morgan fingerprint density at radius 2 is 1.12 bits per heavy atom. The summed E-state index contributed by atoms with van der Waals surface area (Å²) < 4.78 is 4.35. The van der Waals surface area contributed by atoms with Gasteiger partial charge in [0.1, 0.15) is 0 Å². The molecule has 2 N–H and O–H groups in total. The van der Waals surface area contributed by atoms with Crippen molar-refractivity contribution in [3.05, 3.63) is 0 Å². The average Bonchev–Trinajstić information content (AvgIpc) is 2.54. The minimum Gasteiger partial charge on any atom is -0.410 e. The van der Waals surface area contributed by atoms with Crippen LogP contribution in [-0.4, -0.2) is 22.7 Å². The van der Waals surface area contributed by atoms with Crippen LogP contribution in [-0.2, 0) is 9.53 Å². The summed E-state index contributed by atoms with van der Waals surface area (Å²) in [5.41, 5.74) is 0. The Hall–Kier alpha value is -0.610. The molecule has 0 saturated carbocycles. The number of carbonyl (C=O) groups excluding carboxylic acids is 1. The van der Waals surface area contributed by atoms with Crippen molar-refractivity contribution in [2.75, 3.05) is 0 Å². The van der Waals surface area contributed by atoms with Gasteiger partial charge in [-0.25, -0.2) is 0 Å². The third kappa shape index (κ3) is 16.3. The van der Waals surface area contributed by atoms with E-state index in [2.05, 4.69) is 11.7 Å². The number of ether oxygens (including phenoxy) is 1. The number of carbonyl (C=O) groups is 1. The molecule has 4 nitrogen and oxygen atoms in total. The lowest BCUT2D eigenvalue weighted by Crippen LogP contribution is -2.22. The smallest absolute Gasteiger partial charge is 0.313 e. The molecule has 144 valence electrons. The van der Waals surface area contributed by atoms with Crippen molar-refractivity contribution >= 4 is 5.97 Å². The molecule has 0 heterocycles. The van der Waals surface area contributed by atoms with Gasteiger partial charge in [0, 0.05) is 0 Å². The zero-order valence-electron chi connectivity index (χ0n) is 16.0. The molecule has 0 aliphatic rings. The minimum absolute atomic E-state index is 0.260. The third-order valence-electron chi connectivity index (χ3n) is 4.61. The standard InChI is InChI=1S/C20H40O4/c1-3-4-5-6-7-8-9-10-11-12-13-14-15-16-17-18(2)19(21)24-20(22)23/h18,20,22-23H,3-17H2,1-2H3. The molecule has 1 unspecified atom stereocenters. The lowest BCUT2D eigenvalue weighted by atomic mass is 10.0. The first kappa shape index (κ1) is 23.4. The summed E-state index contributed by atoms with van der Waals surface area (Å²) in [5, 5.41) is 17.2. The van der Waals surface area contributed by atoms with E-state index in [0.717, 1.165) is 19.3 Å². The SMILES string of the molecule is CCCCCCCCCCCCCCCCC(C)C(=O)OC(O)O. The van der Waals surface area contributed by atoms with Gasteiger partial charge in [-0.2, -0.15) is 0 Å². The maximum Gasteiger partial charge on any atom is 0.313 e. The first-order valence-electron chi connectivity index (χ1n) is 10.1. The van der Waals surface area contributed by atoms with Crippen molar-refractivity contribution in [1.29, 1.82) is 0 Å². The van der Waals surface area contributed by atoms with Crippen LogP contribution in [0.4, 0.5) is 0 Å². The zero-order valence-corrected chi connectivity index (χ0v) is 16.0. The van der Waals surface area contributed by atoms with Gasteiger partial charge in [0.05, 0.1) is 5.92 Å². The molecule has 0 aromatic heterocycles. The molecule has 24 heavy (non-hydrogen) atoms. The van der Waals surface area contributed by atoms with E-state index >= 15 is 0 Å². The maximum absolute atomic E-state index is 11.4. The van der Waals surface area contributed by atoms with E-state index in [1.54, 1.807) is 6.92 Å². The van der Waals surface area contributed by atoms with E-state index in [4.69, 9.17) is 10.2 Å². The highest BCUT2D eigenvalue weighted by Crippen LogP contribution is 2.15. The Bertz CT molecular complexity index is 279. The fourth-order valence-corrected chi connectivity index (χ4v) is 2.98. The van der Waals surface area contributed by atoms with Crippen molar-refractivity contribution in [2.24, 2.45) is 5.92 Å². The van der Waals surface area contributed by atoms with Gasteiger partial charge >= 0.3 is 12.4 Å². The van der Waals surface area contributed by atoms with Crippen molar-refractivity contribution in [3.8, 4) is 0 Å². The maximum atomic E-state index is 11.4. The van der Waals surface area contributed by atoms with Crippen LogP contribution in [0.2, 0.25) is 0 Å².